The van der Waals surface area contributed by atoms with Crippen molar-refractivity contribution >= 4 is 15.9 Å². The normalized spacial score (nSPS) is 12.4. The van der Waals surface area contributed by atoms with Crippen LogP contribution in [0.5, 0.6) is 0 Å². The lowest BCUT2D eigenvalue weighted by atomic mass is 9.90. The average Bonchev–Trinajstić information content (AvgIpc) is 2.36. The molecule has 0 saturated heterocycles. The summed E-state index contributed by atoms with van der Waals surface area (Å²) in [5, 5.41) is 3.47. The van der Waals surface area contributed by atoms with Gasteiger partial charge in [-0.3, -0.25) is 0 Å². The molecule has 2 rings (SSSR count). The largest absolute Gasteiger partial charge is 0.313 e. The van der Waals surface area contributed by atoms with Crippen LogP contribution in [0.4, 0.5) is 0 Å². The molecule has 0 fully saturated rings. The molecule has 0 radical (unpaired) electrons. The Morgan fingerprint density at radius 2 is 1.70 bits per heavy atom. The minimum Gasteiger partial charge on any atom is -0.313 e. The van der Waals surface area contributed by atoms with Crippen molar-refractivity contribution in [1.82, 2.24) is 5.32 Å². The fourth-order valence-corrected chi connectivity index (χ4v) is 3.44. The molecule has 2 heteroatoms. The van der Waals surface area contributed by atoms with Crippen LogP contribution >= 0.6 is 15.9 Å². The minimum absolute atomic E-state index is 0.352. The van der Waals surface area contributed by atoms with Crippen LogP contribution in [-0.4, -0.2) is 7.05 Å². The third kappa shape index (κ3) is 3.50. The highest BCUT2D eigenvalue weighted by atomic mass is 79.9. The second kappa shape index (κ2) is 6.55. The second-order valence-corrected chi connectivity index (χ2v) is 6.40. The topological polar surface area (TPSA) is 12.0 Å². The summed E-state index contributed by atoms with van der Waals surface area (Å²) >= 11 is 3.55. The first-order chi connectivity index (χ1) is 9.51. The van der Waals surface area contributed by atoms with Gasteiger partial charge in [0.05, 0.1) is 0 Å². The third-order valence-corrected chi connectivity index (χ3v) is 4.26. The van der Waals surface area contributed by atoms with Crippen LogP contribution in [0.2, 0.25) is 0 Å². The van der Waals surface area contributed by atoms with Gasteiger partial charge in [-0.15, -0.1) is 0 Å². The highest BCUT2D eigenvalue weighted by molar-refractivity contribution is 9.10. The van der Waals surface area contributed by atoms with Crippen molar-refractivity contribution in [3.8, 4) is 0 Å². The molecule has 0 bridgehead atoms. The van der Waals surface area contributed by atoms with Gasteiger partial charge in [0.2, 0.25) is 0 Å². The first-order valence-corrected chi connectivity index (χ1v) is 7.80. The van der Waals surface area contributed by atoms with E-state index in [4.69, 9.17) is 0 Å². The molecule has 0 heterocycles. The summed E-state index contributed by atoms with van der Waals surface area (Å²) in [6.45, 7) is 6.58. The molecule has 2 aromatic carbocycles. The van der Waals surface area contributed by atoms with Gasteiger partial charge in [0.1, 0.15) is 0 Å². The standard InChI is InChI=1S/C18H22BrN/c1-12-8-13(2)18(14(3)9-12)17(20-4)11-15-6-5-7-16(19)10-15/h5-10,17,20H,11H2,1-4H3. The quantitative estimate of drug-likeness (QED) is 0.842. The molecule has 1 atom stereocenters. The Hall–Kier alpha value is -1.12. The smallest absolute Gasteiger partial charge is 0.0363 e. The van der Waals surface area contributed by atoms with Crippen LogP contribution in [0.15, 0.2) is 40.9 Å². The lowest BCUT2D eigenvalue weighted by Crippen LogP contribution is -2.21. The van der Waals surface area contributed by atoms with Crippen molar-refractivity contribution in [3.63, 3.8) is 0 Å². The Morgan fingerprint density at radius 1 is 1.05 bits per heavy atom. The molecule has 20 heavy (non-hydrogen) atoms. The first-order valence-electron chi connectivity index (χ1n) is 7.00. The molecule has 106 valence electrons. The lowest BCUT2D eigenvalue weighted by molar-refractivity contribution is 0.585. The average molecular weight is 332 g/mol. The van der Waals surface area contributed by atoms with E-state index >= 15 is 0 Å². The van der Waals surface area contributed by atoms with E-state index in [1.807, 2.05) is 7.05 Å². The molecule has 0 aliphatic carbocycles. The highest BCUT2D eigenvalue weighted by Crippen LogP contribution is 2.27. The molecular weight excluding hydrogens is 310 g/mol. The van der Waals surface area contributed by atoms with Gasteiger partial charge in [0, 0.05) is 10.5 Å². The maximum absolute atomic E-state index is 3.55. The van der Waals surface area contributed by atoms with Gasteiger partial charge in [0.25, 0.3) is 0 Å². The van der Waals surface area contributed by atoms with E-state index in [0.717, 1.165) is 10.9 Å². The number of halogens is 1. The molecule has 0 saturated carbocycles. The zero-order chi connectivity index (χ0) is 14.7. The van der Waals surface area contributed by atoms with Gasteiger partial charge in [-0.05, 0) is 68.6 Å². The predicted octanol–water partition coefficient (Wildman–Crippen LogP) is 4.88. The molecule has 1 nitrogen and oxygen atoms in total. The van der Waals surface area contributed by atoms with Gasteiger partial charge < -0.3 is 5.32 Å². The number of aryl methyl sites for hydroxylation is 3. The Kier molecular flexibility index (Phi) is 5.00. The van der Waals surface area contributed by atoms with Crippen LogP contribution in [0.3, 0.4) is 0 Å². The van der Waals surface area contributed by atoms with Crippen LogP contribution in [0, 0.1) is 20.8 Å². The van der Waals surface area contributed by atoms with Crippen molar-refractivity contribution in [1.29, 1.82) is 0 Å². The van der Waals surface area contributed by atoms with Gasteiger partial charge in [0.15, 0.2) is 0 Å². The van der Waals surface area contributed by atoms with Crippen molar-refractivity contribution in [2.75, 3.05) is 7.05 Å². The summed E-state index contributed by atoms with van der Waals surface area (Å²) < 4.78 is 1.14. The zero-order valence-corrected chi connectivity index (χ0v) is 14.2. The fourth-order valence-electron chi connectivity index (χ4n) is 2.99. The van der Waals surface area contributed by atoms with Crippen molar-refractivity contribution in [3.05, 3.63) is 68.7 Å². The van der Waals surface area contributed by atoms with Crippen LogP contribution in [0.1, 0.15) is 33.9 Å². The zero-order valence-electron chi connectivity index (χ0n) is 12.6. The molecular formula is C18H22BrN. The molecule has 0 aliphatic rings. The summed E-state index contributed by atoms with van der Waals surface area (Å²) in [7, 11) is 2.04. The van der Waals surface area contributed by atoms with Crippen LogP contribution < -0.4 is 5.32 Å². The van der Waals surface area contributed by atoms with E-state index in [1.165, 1.54) is 27.8 Å². The Labute approximate surface area is 130 Å². The summed E-state index contributed by atoms with van der Waals surface area (Å²) in [5.74, 6) is 0. The Balaban J connectivity index is 2.34. The molecule has 0 aromatic heterocycles. The van der Waals surface area contributed by atoms with Gasteiger partial charge in [-0.1, -0.05) is 45.8 Å². The third-order valence-electron chi connectivity index (χ3n) is 3.76. The maximum atomic E-state index is 3.55. The first kappa shape index (κ1) is 15.3. The molecule has 2 aromatic rings. The Bertz CT molecular complexity index is 581. The van der Waals surface area contributed by atoms with Gasteiger partial charge in [-0.25, -0.2) is 0 Å². The fraction of sp³-hybridized carbons (Fsp3) is 0.333. The van der Waals surface area contributed by atoms with E-state index in [2.05, 4.69) is 78.4 Å². The molecule has 0 aliphatic heterocycles. The van der Waals surface area contributed by atoms with Gasteiger partial charge in [-0.2, -0.15) is 0 Å². The lowest BCUT2D eigenvalue weighted by Gasteiger charge is -2.22. The van der Waals surface area contributed by atoms with E-state index in [9.17, 15) is 0 Å². The van der Waals surface area contributed by atoms with Gasteiger partial charge >= 0.3 is 0 Å². The number of likely N-dealkylation sites (N-methyl/N-ethyl adjacent to an activating group) is 1. The molecule has 0 amide bonds. The number of hydrogen-bond donors (Lipinski definition) is 1. The van der Waals surface area contributed by atoms with Crippen molar-refractivity contribution < 1.29 is 0 Å². The van der Waals surface area contributed by atoms with E-state index in [1.54, 1.807) is 0 Å². The number of rotatable bonds is 4. The van der Waals surface area contributed by atoms with E-state index in [0.29, 0.717) is 6.04 Å². The number of nitrogens with one attached hydrogen (secondary N) is 1. The second-order valence-electron chi connectivity index (χ2n) is 5.49. The molecule has 0 spiro atoms. The van der Waals surface area contributed by atoms with Crippen LogP contribution in [0.25, 0.3) is 0 Å². The SMILES string of the molecule is CNC(Cc1cccc(Br)c1)c1c(C)cc(C)cc1C. The van der Waals surface area contributed by atoms with E-state index < -0.39 is 0 Å². The summed E-state index contributed by atoms with van der Waals surface area (Å²) in [6, 6.07) is 13.4. The number of hydrogen-bond acceptors (Lipinski definition) is 1. The molecule has 1 unspecified atom stereocenters. The minimum atomic E-state index is 0.352. The number of benzene rings is 2. The summed E-state index contributed by atoms with van der Waals surface area (Å²) in [5.41, 5.74) is 6.85. The maximum Gasteiger partial charge on any atom is 0.0363 e. The monoisotopic (exact) mass is 331 g/mol. The van der Waals surface area contributed by atoms with Crippen molar-refractivity contribution in [2.24, 2.45) is 0 Å². The summed E-state index contributed by atoms with van der Waals surface area (Å²) in [6.07, 6.45) is 1.00. The van der Waals surface area contributed by atoms with E-state index in [-0.39, 0.29) is 0 Å². The highest BCUT2D eigenvalue weighted by Gasteiger charge is 2.15. The van der Waals surface area contributed by atoms with Crippen molar-refractivity contribution in [2.45, 2.75) is 33.2 Å². The molecule has 1 N–H and O–H groups in total. The predicted molar refractivity (Wildman–Crippen MR) is 90.3 cm³/mol. The Morgan fingerprint density at radius 3 is 2.25 bits per heavy atom. The van der Waals surface area contributed by atoms with Crippen LogP contribution in [-0.2, 0) is 6.42 Å². The summed E-state index contributed by atoms with van der Waals surface area (Å²) in [4.78, 5) is 0.